The fourth-order valence-corrected chi connectivity index (χ4v) is 6.92. The number of aliphatic imine (C=N–C) groups is 1. The van der Waals surface area contributed by atoms with Gasteiger partial charge in [0.15, 0.2) is 0 Å². The number of hydrogen-bond donors (Lipinski definition) is 1. The summed E-state index contributed by atoms with van der Waals surface area (Å²) in [6.07, 6.45) is 7.09. The largest absolute Gasteiger partial charge is 0.383 e. The maximum Gasteiger partial charge on any atom is 0.115 e. The van der Waals surface area contributed by atoms with E-state index < -0.39 is 5.60 Å². The lowest BCUT2D eigenvalue weighted by molar-refractivity contribution is 0.0401. The van der Waals surface area contributed by atoms with Crippen LogP contribution in [0.2, 0.25) is 5.02 Å². The first-order chi connectivity index (χ1) is 13.2. The molecule has 3 atom stereocenters. The summed E-state index contributed by atoms with van der Waals surface area (Å²) in [5, 5.41) is 14.0. The topological polar surface area (TPSA) is 32.6 Å². The van der Waals surface area contributed by atoms with Gasteiger partial charge in [-0.2, -0.15) is 0 Å². The van der Waals surface area contributed by atoms with E-state index in [0.29, 0.717) is 6.04 Å². The average molecular weight is 398 g/mol. The van der Waals surface area contributed by atoms with Crippen molar-refractivity contribution in [2.75, 3.05) is 0 Å². The summed E-state index contributed by atoms with van der Waals surface area (Å²) in [4.78, 5) is 5.20. The fraction of sp³-hybridized carbons (Fsp3) is 0.435. The van der Waals surface area contributed by atoms with Gasteiger partial charge in [-0.15, -0.1) is 11.8 Å². The minimum atomic E-state index is -0.903. The number of fused-ring (bicyclic) bond motifs is 3. The molecule has 140 valence electrons. The summed E-state index contributed by atoms with van der Waals surface area (Å²) in [7, 11) is 0. The highest BCUT2D eigenvalue weighted by molar-refractivity contribution is 8.15. The van der Waals surface area contributed by atoms with Crippen molar-refractivity contribution in [1.29, 1.82) is 0 Å². The Kier molecular flexibility index (Phi) is 4.58. The smallest absolute Gasteiger partial charge is 0.115 e. The summed E-state index contributed by atoms with van der Waals surface area (Å²) >= 11 is 8.02. The van der Waals surface area contributed by atoms with Gasteiger partial charge in [-0.05, 0) is 48.1 Å². The molecule has 2 aliphatic carbocycles. The lowest BCUT2D eigenvalue weighted by atomic mass is 9.78. The second kappa shape index (κ2) is 6.95. The van der Waals surface area contributed by atoms with Gasteiger partial charge in [-0.1, -0.05) is 67.3 Å². The van der Waals surface area contributed by atoms with Crippen molar-refractivity contribution in [3.8, 4) is 0 Å². The van der Waals surface area contributed by atoms with E-state index in [2.05, 4.69) is 24.3 Å². The van der Waals surface area contributed by atoms with Crippen LogP contribution >= 0.6 is 23.4 Å². The standard InChI is InChI=1S/C23H24ClNOS/c24-17-11-12-19-16(13-17)14-20-23(19,26)21(15-7-3-1-4-8-15)22(27-20)25-18-9-5-2-6-10-18/h1,3-4,7-8,11-13,18,20-21,26H,2,5-6,9-10,14H2. The van der Waals surface area contributed by atoms with Gasteiger partial charge in [-0.25, -0.2) is 0 Å². The molecule has 1 aliphatic heterocycles. The average Bonchev–Trinajstić information content (AvgIpc) is 3.10. The number of thioether (sulfide) groups is 1. The SMILES string of the molecule is OC12c3ccc(Cl)cc3CC1SC(=NC1CCCCC1)C2c1ccccc1. The Morgan fingerprint density at radius 3 is 2.59 bits per heavy atom. The van der Waals surface area contributed by atoms with Crippen molar-refractivity contribution in [3.05, 3.63) is 70.2 Å². The molecule has 3 aliphatic rings. The summed E-state index contributed by atoms with van der Waals surface area (Å²) < 4.78 is 0. The second-order valence-corrected chi connectivity index (χ2v) is 9.70. The Balaban J connectivity index is 1.61. The van der Waals surface area contributed by atoms with E-state index in [9.17, 15) is 5.11 Å². The lowest BCUT2D eigenvalue weighted by Gasteiger charge is -2.31. The first-order valence-corrected chi connectivity index (χ1v) is 11.2. The molecule has 1 N–H and O–H groups in total. The minimum absolute atomic E-state index is 0.0851. The van der Waals surface area contributed by atoms with Crippen LogP contribution in [0.4, 0.5) is 0 Å². The Hall–Kier alpha value is -1.29. The van der Waals surface area contributed by atoms with Gasteiger partial charge in [0.1, 0.15) is 5.60 Å². The van der Waals surface area contributed by atoms with Crippen LogP contribution in [-0.2, 0) is 12.0 Å². The first-order valence-electron chi connectivity index (χ1n) is 9.97. The Labute approximate surface area is 170 Å². The number of benzene rings is 2. The van der Waals surface area contributed by atoms with E-state index in [1.807, 2.05) is 24.3 Å². The van der Waals surface area contributed by atoms with Crippen molar-refractivity contribution in [2.24, 2.45) is 4.99 Å². The van der Waals surface area contributed by atoms with Gasteiger partial charge in [0.25, 0.3) is 0 Å². The Bertz CT molecular complexity index is 877. The summed E-state index contributed by atoms with van der Waals surface area (Å²) in [5.41, 5.74) is 2.47. The molecule has 2 nitrogen and oxygen atoms in total. The van der Waals surface area contributed by atoms with Crippen LogP contribution in [0.15, 0.2) is 53.5 Å². The monoisotopic (exact) mass is 397 g/mol. The molecule has 4 heteroatoms. The third-order valence-corrected chi connectivity index (χ3v) is 7.99. The maximum absolute atomic E-state index is 12.0. The van der Waals surface area contributed by atoms with Crippen LogP contribution in [0.1, 0.15) is 54.7 Å². The molecule has 0 amide bonds. The molecule has 5 rings (SSSR count). The third-order valence-electron chi connectivity index (χ3n) is 6.36. The van der Waals surface area contributed by atoms with Crippen LogP contribution in [0.5, 0.6) is 0 Å². The molecule has 2 aromatic rings. The van der Waals surface area contributed by atoms with Crippen molar-refractivity contribution in [2.45, 2.75) is 61.3 Å². The summed E-state index contributed by atoms with van der Waals surface area (Å²) in [6, 6.07) is 16.8. The highest BCUT2D eigenvalue weighted by Crippen LogP contribution is 2.59. The van der Waals surface area contributed by atoms with E-state index in [0.717, 1.165) is 27.6 Å². The normalized spacial score (nSPS) is 31.9. The van der Waals surface area contributed by atoms with E-state index in [1.54, 1.807) is 11.8 Å². The predicted octanol–water partition coefficient (Wildman–Crippen LogP) is 5.71. The van der Waals surface area contributed by atoms with Gasteiger partial charge < -0.3 is 5.11 Å². The van der Waals surface area contributed by atoms with Crippen LogP contribution in [0.25, 0.3) is 0 Å². The Morgan fingerprint density at radius 1 is 1.04 bits per heavy atom. The van der Waals surface area contributed by atoms with Gasteiger partial charge in [0, 0.05) is 10.3 Å². The molecule has 2 fully saturated rings. The van der Waals surface area contributed by atoms with Crippen molar-refractivity contribution < 1.29 is 5.11 Å². The van der Waals surface area contributed by atoms with Crippen LogP contribution in [0.3, 0.4) is 0 Å². The van der Waals surface area contributed by atoms with E-state index in [4.69, 9.17) is 16.6 Å². The van der Waals surface area contributed by atoms with Gasteiger partial charge in [0.2, 0.25) is 0 Å². The zero-order valence-corrected chi connectivity index (χ0v) is 16.8. The maximum atomic E-state index is 12.0. The van der Waals surface area contributed by atoms with Gasteiger partial charge >= 0.3 is 0 Å². The van der Waals surface area contributed by atoms with Crippen molar-refractivity contribution >= 4 is 28.4 Å². The molecule has 0 radical (unpaired) electrons. The van der Waals surface area contributed by atoms with Crippen LogP contribution in [-0.4, -0.2) is 21.4 Å². The Morgan fingerprint density at radius 2 is 1.81 bits per heavy atom. The lowest BCUT2D eigenvalue weighted by Crippen LogP contribution is -2.36. The number of nitrogens with zero attached hydrogens (tertiary/aromatic N) is 1. The third kappa shape index (κ3) is 2.95. The van der Waals surface area contributed by atoms with Crippen LogP contribution in [0, 0.1) is 0 Å². The molecule has 0 spiro atoms. The number of halogens is 1. The molecule has 1 saturated carbocycles. The molecule has 27 heavy (non-hydrogen) atoms. The molecule has 0 aromatic heterocycles. The fourth-order valence-electron chi connectivity index (χ4n) is 5.06. The van der Waals surface area contributed by atoms with E-state index in [1.165, 1.54) is 37.7 Å². The van der Waals surface area contributed by atoms with E-state index in [-0.39, 0.29) is 11.2 Å². The molecule has 0 bridgehead atoms. The van der Waals surface area contributed by atoms with Crippen LogP contribution < -0.4 is 0 Å². The van der Waals surface area contributed by atoms with Crippen molar-refractivity contribution in [1.82, 2.24) is 0 Å². The molecule has 1 heterocycles. The molecule has 2 aromatic carbocycles. The molecular formula is C23H24ClNOS. The zero-order valence-electron chi connectivity index (χ0n) is 15.3. The minimum Gasteiger partial charge on any atom is -0.383 e. The summed E-state index contributed by atoms with van der Waals surface area (Å²) in [5.74, 6) is -0.0851. The molecule has 3 unspecified atom stereocenters. The number of hydrogen-bond acceptors (Lipinski definition) is 3. The first kappa shape index (κ1) is 17.8. The van der Waals surface area contributed by atoms with Gasteiger partial charge in [0.05, 0.1) is 17.0 Å². The zero-order chi connectivity index (χ0) is 18.4. The predicted molar refractivity (Wildman–Crippen MR) is 114 cm³/mol. The van der Waals surface area contributed by atoms with Crippen molar-refractivity contribution in [3.63, 3.8) is 0 Å². The second-order valence-electron chi connectivity index (χ2n) is 8.04. The number of rotatable bonds is 2. The molecular weight excluding hydrogens is 374 g/mol. The summed E-state index contributed by atoms with van der Waals surface area (Å²) in [6.45, 7) is 0. The highest BCUT2D eigenvalue weighted by atomic mass is 35.5. The number of aliphatic hydroxyl groups is 1. The highest BCUT2D eigenvalue weighted by Gasteiger charge is 2.59. The van der Waals surface area contributed by atoms with E-state index >= 15 is 0 Å². The molecule has 1 saturated heterocycles. The van der Waals surface area contributed by atoms with Gasteiger partial charge in [-0.3, -0.25) is 4.99 Å². The quantitative estimate of drug-likeness (QED) is 0.703.